The van der Waals surface area contributed by atoms with E-state index in [-0.39, 0.29) is 24.2 Å². The molecular formula is C18H19F3N6O2. The van der Waals surface area contributed by atoms with Crippen molar-refractivity contribution in [3.8, 4) is 5.88 Å². The van der Waals surface area contributed by atoms with E-state index in [2.05, 4.69) is 30.3 Å². The van der Waals surface area contributed by atoms with E-state index in [0.29, 0.717) is 28.0 Å². The summed E-state index contributed by atoms with van der Waals surface area (Å²) in [5, 5.41) is 15.5. The molecule has 3 aromatic heterocycles. The van der Waals surface area contributed by atoms with Crippen LogP contribution in [0.3, 0.4) is 0 Å². The first kappa shape index (κ1) is 20.5. The number of halogens is 3. The summed E-state index contributed by atoms with van der Waals surface area (Å²) in [4.78, 5) is 16.2. The number of ether oxygens (including phenoxy) is 1. The molecule has 1 N–H and O–H groups in total. The average Bonchev–Trinajstić information content (AvgIpc) is 3.03. The number of rotatable bonds is 6. The van der Waals surface area contributed by atoms with Crippen molar-refractivity contribution in [2.45, 2.75) is 33.5 Å². The number of anilines is 1. The van der Waals surface area contributed by atoms with E-state index in [1.165, 1.54) is 0 Å². The van der Waals surface area contributed by atoms with Crippen LogP contribution in [-0.2, 0) is 11.3 Å². The second-order valence-electron chi connectivity index (χ2n) is 6.79. The molecule has 29 heavy (non-hydrogen) atoms. The third kappa shape index (κ3) is 5.18. The van der Waals surface area contributed by atoms with Gasteiger partial charge in [-0.1, -0.05) is 13.8 Å². The fourth-order valence-electron chi connectivity index (χ4n) is 2.50. The number of hydrogen-bond acceptors (Lipinski definition) is 6. The Morgan fingerprint density at radius 1 is 1.31 bits per heavy atom. The van der Waals surface area contributed by atoms with Gasteiger partial charge in [-0.15, -0.1) is 10.2 Å². The third-order valence-electron chi connectivity index (χ3n) is 3.93. The number of amides is 1. The Bertz CT molecular complexity index is 1030. The van der Waals surface area contributed by atoms with Gasteiger partial charge in [-0.3, -0.25) is 9.48 Å². The molecule has 3 heterocycles. The van der Waals surface area contributed by atoms with E-state index in [9.17, 15) is 18.0 Å². The van der Waals surface area contributed by atoms with Crippen LogP contribution < -0.4 is 10.1 Å². The molecular weight excluding hydrogens is 389 g/mol. The van der Waals surface area contributed by atoms with Crippen molar-refractivity contribution in [2.75, 3.05) is 11.9 Å². The van der Waals surface area contributed by atoms with Crippen molar-refractivity contribution in [3.63, 3.8) is 0 Å². The van der Waals surface area contributed by atoms with Gasteiger partial charge in [0.05, 0.1) is 23.1 Å². The highest BCUT2D eigenvalue weighted by Crippen LogP contribution is 2.22. The second-order valence-corrected chi connectivity index (χ2v) is 6.79. The van der Waals surface area contributed by atoms with Gasteiger partial charge >= 0.3 is 6.18 Å². The summed E-state index contributed by atoms with van der Waals surface area (Å²) in [6.45, 7) is 3.96. The molecule has 1 amide bonds. The highest BCUT2D eigenvalue weighted by Gasteiger charge is 2.29. The number of fused-ring (bicyclic) bond motifs is 1. The molecule has 0 saturated heterocycles. The Balaban J connectivity index is 1.78. The lowest BCUT2D eigenvalue weighted by atomic mass is 10.2. The smallest absolute Gasteiger partial charge is 0.422 e. The first-order valence-electron chi connectivity index (χ1n) is 8.78. The first-order valence-corrected chi connectivity index (χ1v) is 8.78. The van der Waals surface area contributed by atoms with Gasteiger partial charge < -0.3 is 10.1 Å². The maximum atomic E-state index is 12.3. The number of carbonyl (C=O) groups is 1. The summed E-state index contributed by atoms with van der Waals surface area (Å²) in [5.74, 6) is -0.114. The molecule has 0 aliphatic rings. The molecule has 3 aromatic rings. The van der Waals surface area contributed by atoms with Gasteiger partial charge in [0.1, 0.15) is 5.82 Å². The van der Waals surface area contributed by atoms with Gasteiger partial charge in [0.2, 0.25) is 11.8 Å². The van der Waals surface area contributed by atoms with Crippen molar-refractivity contribution >= 4 is 22.6 Å². The Morgan fingerprint density at radius 2 is 2.07 bits per heavy atom. The van der Waals surface area contributed by atoms with Crippen LogP contribution in [0.4, 0.5) is 19.0 Å². The topological polar surface area (TPSA) is 94.8 Å². The molecule has 0 aromatic carbocycles. The largest absolute Gasteiger partial charge is 0.467 e. The van der Waals surface area contributed by atoms with E-state index >= 15 is 0 Å². The summed E-state index contributed by atoms with van der Waals surface area (Å²) >= 11 is 0. The predicted molar refractivity (Wildman–Crippen MR) is 98.4 cm³/mol. The molecule has 0 aliphatic carbocycles. The van der Waals surface area contributed by atoms with Crippen LogP contribution in [0.1, 0.15) is 25.1 Å². The molecule has 0 saturated carbocycles. The first-order chi connectivity index (χ1) is 13.6. The minimum atomic E-state index is -4.45. The summed E-state index contributed by atoms with van der Waals surface area (Å²) in [5.41, 5.74) is 1.56. The molecule has 0 spiro atoms. The number of carbonyl (C=O) groups excluding carboxylic acids is 1. The van der Waals surface area contributed by atoms with Gasteiger partial charge in [0, 0.05) is 23.9 Å². The Hall–Kier alpha value is -3.24. The van der Waals surface area contributed by atoms with Gasteiger partial charge in [-0.25, -0.2) is 4.98 Å². The van der Waals surface area contributed by atoms with Crippen LogP contribution in [0.5, 0.6) is 5.88 Å². The van der Waals surface area contributed by atoms with Crippen molar-refractivity contribution in [1.29, 1.82) is 0 Å². The zero-order chi connectivity index (χ0) is 21.2. The van der Waals surface area contributed by atoms with Crippen LogP contribution in [0.2, 0.25) is 0 Å². The monoisotopic (exact) mass is 408 g/mol. The van der Waals surface area contributed by atoms with Crippen LogP contribution in [0.25, 0.3) is 10.9 Å². The van der Waals surface area contributed by atoms with Crippen LogP contribution in [-0.4, -0.2) is 43.7 Å². The Morgan fingerprint density at radius 3 is 2.72 bits per heavy atom. The van der Waals surface area contributed by atoms with E-state index in [4.69, 9.17) is 0 Å². The van der Waals surface area contributed by atoms with Crippen LogP contribution >= 0.6 is 0 Å². The zero-order valence-electron chi connectivity index (χ0n) is 16.0. The standard InChI is InChI=1S/C18H19F3N6O2/c1-10(2)16(28)23-15-13-8-27(26-14(13)4-5-22-15)7-12-6-11(3)17(25-24-12)29-9-18(19,20)21/h4-6,8,10H,7,9H2,1-3H3,(H,22,23,28). The van der Waals surface area contributed by atoms with Gasteiger partial charge in [-0.05, 0) is 19.1 Å². The van der Waals surface area contributed by atoms with Crippen molar-refractivity contribution < 1.29 is 22.7 Å². The van der Waals surface area contributed by atoms with Crippen molar-refractivity contribution in [1.82, 2.24) is 25.0 Å². The number of pyridine rings is 1. The number of nitrogens with zero attached hydrogens (tertiary/aromatic N) is 5. The van der Waals surface area contributed by atoms with E-state index in [1.807, 2.05) is 0 Å². The average molecular weight is 408 g/mol. The summed E-state index contributed by atoms with van der Waals surface area (Å²) in [6.07, 6.45) is -1.19. The van der Waals surface area contributed by atoms with Crippen LogP contribution in [0, 0.1) is 12.8 Å². The quantitative estimate of drug-likeness (QED) is 0.674. The second kappa shape index (κ2) is 8.02. The van der Waals surface area contributed by atoms with Crippen molar-refractivity contribution in [3.05, 3.63) is 35.8 Å². The number of nitrogens with one attached hydrogen (secondary N) is 1. The Labute approximate surface area is 164 Å². The third-order valence-corrected chi connectivity index (χ3v) is 3.93. The molecule has 11 heteroatoms. The summed E-state index contributed by atoms with van der Waals surface area (Å²) in [7, 11) is 0. The molecule has 154 valence electrons. The molecule has 0 aliphatic heterocycles. The molecule has 8 nitrogen and oxygen atoms in total. The molecule has 0 radical (unpaired) electrons. The molecule has 0 atom stereocenters. The zero-order valence-corrected chi connectivity index (χ0v) is 16.0. The van der Waals surface area contributed by atoms with E-state index in [1.54, 1.807) is 50.0 Å². The lowest BCUT2D eigenvalue weighted by Crippen LogP contribution is -2.20. The molecule has 0 bridgehead atoms. The fraction of sp³-hybridized carbons (Fsp3) is 0.389. The Kier molecular flexibility index (Phi) is 5.66. The molecule has 0 unspecified atom stereocenters. The van der Waals surface area contributed by atoms with E-state index in [0.717, 1.165) is 0 Å². The highest BCUT2D eigenvalue weighted by molar-refractivity contribution is 5.99. The van der Waals surface area contributed by atoms with Gasteiger partial charge in [-0.2, -0.15) is 18.3 Å². The number of hydrogen-bond donors (Lipinski definition) is 1. The fourth-order valence-corrected chi connectivity index (χ4v) is 2.50. The summed E-state index contributed by atoms with van der Waals surface area (Å²) in [6, 6.07) is 3.30. The number of aromatic nitrogens is 5. The lowest BCUT2D eigenvalue weighted by Gasteiger charge is -2.10. The maximum Gasteiger partial charge on any atom is 0.422 e. The maximum absolute atomic E-state index is 12.3. The van der Waals surface area contributed by atoms with Crippen LogP contribution in [0.15, 0.2) is 24.5 Å². The predicted octanol–water partition coefficient (Wildman–Crippen LogP) is 3.11. The summed E-state index contributed by atoms with van der Waals surface area (Å²) < 4.78 is 43.1. The minimum Gasteiger partial charge on any atom is -0.467 e. The van der Waals surface area contributed by atoms with Gasteiger partial charge in [0.15, 0.2) is 6.61 Å². The van der Waals surface area contributed by atoms with Gasteiger partial charge in [0.25, 0.3) is 0 Å². The molecule has 0 fully saturated rings. The number of aryl methyl sites for hydroxylation is 1. The van der Waals surface area contributed by atoms with E-state index < -0.39 is 12.8 Å². The highest BCUT2D eigenvalue weighted by atomic mass is 19.4. The normalized spacial score (nSPS) is 11.8. The SMILES string of the molecule is Cc1cc(Cn2cc3c(NC(=O)C(C)C)nccc3n2)nnc1OCC(F)(F)F. The molecule has 3 rings (SSSR count). The van der Waals surface area contributed by atoms with Crippen molar-refractivity contribution in [2.24, 2.45) is 5.92 Å². The number of alkyl halides is 3. The lowest BCUT2D eigenvalue weighted by molar-refractivity contribution is -0.154. The minimum absolute atomic E-state index is 0.159.